The van der Waals surface area contributed by atoms with Gasteiger partial charge in [0.2, 0.25) is 5.95 Å². The number of likely N-dealkylation sites (tertiary alicyclic amines) is 1. The Hall–Kier alpha value is -2.11. The van der Waals surface area contributed by atoms with Crippen molar-refractivity contribution in [1.82, 2.24) is 14.9 Å². The molecule has 6 nitrogen and oxygen atoms in total. The van der Waals surface area contributed by atoms with Gasteiger partial charge in [0.25, 0.3) is 0 Å². The number of allylic oxidation sites excluding steroid dienone is 1. The number of carbonyl (C=O) groups is 1. The predicted molar refractivity (Wildman–Crippen MR) is 103 cm³/mol. The highest BCUT2D eigenvalue weighted by molar-refractivity contribution is 5.67. The van der Waals surface area contributed by atoms with Crippen LogP contribution in [0.15, 0.2) is 18.5 Å². The molecule has 0 aromatic carbocycles. The van der Waals surface area contributed by atoms with E-state index in [-0.39, 0.29) is 12.2 Å². The van der Waals surface area contributed by atoms with E-state index < -0.39 is 0 Å². The lowest BCUT2D eigenvalue weighted by molar-refractivity contribution is 0.0679. The van der Waals surface area contributed by atoms with Gasteiger partial charge in [-0.15, -0.1) is 0 Å². The van der Waals surface area contributed by atoms with E-state index in [0.29, 0.717) is 5.92 Å². The van der Waals surface area contributed by atoms with E-state index in [0.717, 1.165) is 50.5 Å². The summed E-state index contributed by atoms with van der Waals surface area (Å²) in [7, 11) is 0. The zero-order valence-corrected chi connectivity index (χ0v) is 15.9. The van der Waals surface area contributed by atoms with Crippen LogP contribution in [0, 0.1) is 5.92 Å². The fourth-order valence-electron chi connectivity index (χ4n) is 3.47. The van der Waals surface area contributed by atoms with Crippen LogP contribution in [0.5, 0.6) is 0 Å². The van der Waals surface area contributed by atoms with E-state index >= 15 is 0 Å². The van der Waals surface area contributed by atoms with E-state index in [2.05, 4.69) is 27.0 Å². The highest BCUT2D eigenvalue weighted by atomic mass is 16.6. The molecule has 0 radical (unpaired) electrons. The van der Waals surface area contributed by atoms with E-state index in [1.807, 2.05) is 26.2 Å². The first-order chi connectivity index (χ1) is 12.6. The summed E-state index contributed by atoms with van der Waals surface area (Å²) in [5, 5.41) is 0. The number of hydrogen-bond donors (Lipinski definition) is 0. The number of piperidine rings is 2. The Labute approximate surface area is 156 Å². The molecule has 0 bridgehead atoms. The fraction of sp³-hybridized carbons (Fsp3) is 0.650. The van der Waals surface area contributed by atoms with Gasteiger partial charge >= 0.3 is 6.09 Å². The second kappa shape index (κ2) is 9.01. The molecule has 2 saturated heterocycles. The van der Waals surface area contributed by atoms with Crippen molar-refractivity contribution in [2.45, 2.75) is 52.1 Å². The van der Waals surface area contributed by atoms with Crippen LogP contribution in [0.1, 0.15) is 51.5 Å². The Bertz CT molecular complexity index is 601. The average molecular weight is 358 g/mol. The van der Waals surface area contributed by atoms with Gasteiger partial charge in [-0.25, -0.2) is 14.8 Å². The van der Waals surface area contributed by atoms with Crippen LogP contribution >= 0.6 is 0 Å². The SMILES string of the molecule is CC(C)OC(=O)N1CCC(/C=C/c2cnc(N3CCCCC3)nc2)CC1. The molecule has 0 spiro atoms. The number of rotatable bonds is 4. The number of hydrogen-bond acceptors (Lipinski definition) is 5. The van der Waals surface area contributed by atoms with Crippen LogP contribution in [0.4, 0.5) is 10.7 Å². The van der Waals surface area contributed by atoms with E-state index in [1.165, 1.54) is 19.3 Å². The topological polar surface area (TPSA) is 58.6 Å². The van der Waals surface area contributed by atoms with Gasteiger partial charge in [-0.2, -0.15) is 0 Å². The van der Waals surface area contributed by atoms with Crippen molar-refractivity contribution in [3.8, 4) is 0 Å². The summed E-state index contributed by atoms with van der Waals surface area (Å²) in [4.78, 5) is 25.0. The maximum absolute atomic E-state index is 11.9. The Morgan fingerprint density at radius 1 is 1.12 bits per heavy atom. The van der Waals surface area contributed by atoms with Gasteiger partial charge in [0, 0.05) is 44.1 Å². The van der Waals surface area contributed by atoms with Gasteiger partial charge in [-0.3, -0.25) is 0 Å². The van der Waals surface area contributed by atoms with Gasteiger partial charge in [0.15, 0.2) is 0 Å². The predicted octanol–water partition coefficient (Wildman–Crippen LogP) is 3.74. The minimum absolute atomic E-state index is 0.0620. The van der Waals surface area contributed by atoms with Crippen LogP contribution in [-0.2, 0) is 4.74 Å². The lowest BCUT2D eigenvalue weighted by atomic mass is 9.96. The molecule has 0 aliphatic carbocycles. The molecule has 0 N–H and O–H groups in total. The Morgan fingerprint density at radius 2 is 1.77 bits per heavy atom. The van der Waals surface area contributed by atoms with Crippen molar-refractivity contribution in [1.29, 1.82) is 0 Å². The van der Waals surface area contributed by atoms with E-state index in [4.69, 9.17) is 4.74 Å². The lowest BCUT2D eigenvalue weighted by Crippen LogP contribution is -2.39. The molecule has 2 fully saturated rings. The molecule has 1 aromatic rings. The molecule has 1 amide bonds. The smallest absolute Gasteiger partial charge is 0.410 e. The minimum Gasteiger partial charge on any atom is -0.447 e. The van der Waals surface area contributed by atoms with Gasteiger partial charge < -0.3 is 14.5 Å². The number of amides is 1. The van der Waals surface area contributed by atoms with Crippen LogP contribution < -0.4 is 4.90 Å². The third-order valence-corrected chi connectivity index (χ3v) is 4.99. The van der Waals surface area contributed by atoms with Gasteiger partial charge in [-0.05, 0) is 51.9 Å². The van der Waals surface area contributed by atoms with Crippen molar-refractivity contribution >= 4 is 18.1 Å². The van der Waals surface area contributed by atoms with Crippen molar-refractivity contribution < 1.29 is 9.53 Å². The standard InChI is InChI=1S/C20H30N4O2/c1-16(2)26-20(25)24-12-8-17(9-13-24)6-7-18-14-21-19(22-15-18)23-10-4-3-5-11-23/h6-7,14-17H,3-5,8-13H2,1-2H3/b7-6+. The fourth-order valence-corrected chi connectivity index (χ4v) is 3.47. The van der Waals surface area contributed by atoms with Crippen molar-refractivity contribution in [3.05, 3.63) is 24.0 Å². The molecule has 26 heavy (non-hydrogen) atoms. The molecule has 2 aliphatic rings. The Kier molecular flexibility index (Phi) is 6.47. The summed E-state index contributed by atoms with van der Waals surface area (Å²) in [6, 6.07) is 0. The summed E-state index contributed by atoms with van der Waals surface area (Å²) in [6.45, 7) is 7.40. The van der Waals surface area contributed by atoms with E-state index in [9.17, 15) is 4.79 Å². The van der Waals surface area contributed by atoms with Crippen LogP contribution in [0.25, 0.3) is 6.08 Å². The summed E-state index contributed by atoms with van der Waals surface area (Å²) < 4.78 is 5.26. The van der Waals surface area contributed by atoms with Crippen molar-refractivity contribution in [3.63, 3.8) is 0 Å². The van der Waals surface area contributed by atoms with Crippen LogP contribution in [0.3, 0.4) is 0 Å². The maximum atomic E-state index is 11.9. The van der Waals surface area contributed by atoms with Gasteiger partial charge in [-0.1, -0.05) is 12.2 Å². The molecule has 3 rings (SSSR count). The molecule has 0 atom stereocenters. The summed E-state index contributed by atoms with van der Waals surface area (Å²) in [6.07, 6.45) is 13.6. The number of ether oxygens (including phenoxy) is 1. The van der Waals surface area contributed by atoms with Crippen molar-refractivity contribution in [2.24, 2.45) is 5.92 Å². The van der Waals surface area contributed by atoms with E-state index in [1.54, 1.807) is 4.90 Å². The zero-order valence-electron chi connectivity index (χ0n) is 15.9. The van der Waals surface area contributed by atoms with Gasteiger partial charge in [0.05, 0.1) is 6.10 Å². The molecule has 0 unspecified atom stereocenters. The third-order valence-electron chi connectivity index (χ3n) is 4.99. The first kappa shape index (κ1) is 18.7. The first-order valence-electron chi connectivity index (χ1n) is 9.82. The largest absolute Gasteiger partial charge is 0.447 e. The number of aromatic nitrogens is 2. The second-order valence-electron chi connectivity index (χ2n) is 7.48. The molecule has 3 heterocycles. The summed E-state index contributed by atoms with van der Waals surface area (Å²) in [5.41, 5.74) is 1.03. The summed E-state index contributed by atoms with van der Waals surface area (Å²) >= 11 is 0. The first-order valence-corrected chi connectivity index (χ1v) is 9.82. The minimum atomic E-state index is -0.191. The second-order valence-corrected chi connectivity index (χ2v) is 7.48. The monoisotopic (exact) mass is 358 g/mol. The normalized spacial score (nSPS) is 19.3. The van der Waals surface area contributed by atoms with Crippen molar-refractivity contribution in [2.75, 3.05) is 31.1 Å². The van der Waals surface area contributed by atoms with Crippen LogP contribution in [-0.4, -0.2) is 53.2 Å². The number of anilines is 1. The lowest BCUT2D eigenvalue weighted by Gasteiger charge is -2.30. The molecule has 6 heteroatoms. The number of nitrogens with zero attached hydrogens (tertiary/aromatic N) is 4. The quantitative estimate of drug-likeness (QED) is 0.821. The highest BCUT2D eigenvalue weighted by Crippen LogP contribution is 2.21. The summed E-state index contributed by atoms with van der Waals surface area (Å²) in [5.74, 6) is 1.33. The number of carbonyl (C=O) groups excluding carboxylic acids is 1. The third kappa shape index (κ3) is 5.19. The molecular formula is C20H30N4O2. The Balaban J connectivity index is 1.47. The average Bonchev–Trinajstić information content (AvgIpc) is 2.67. The maximum Gasteiger partial charge on any atom is 0.410 e. The molecule has 0 saturated carbocycles. The molecule has 2 aliphatic heterocycles. The Morgan fingerprint density at radius 3 is 2.38 bits per heavy atom. The van der Waals surface area contributed by atoms with Crippen LogP contribution in [0.2, 0.25) is 0 Å². The molecule has 142 valence electrons. The van der Waals surface area contributed by atoms with Gasteiger partial charge in [0.1, 0.15) is 0 Å². The molecule has 1 aromatic heterocycles. The zero-order chi connectivity index (χ0) is 18.4. The highest BCUT2D eigenvalue weighted by Gasteiger charge is 2.23. The molecular weight excluding hydrogens is 328 g/mol.